The van der Waals surface area contributed by atoms with Gasteiger partial charge in [-0.15, -0.1) is 11.3 Å². The highest BCUT2D eigenvalue weighted by Crippen LogP contribution is 2.22. The van der Waals surface area contributed by atoms with E-state index in [1.807, 2.05) is 40.0 Å². The van der Waals surface area contributed by atoms with Crippen LogP contribution in [0.25, 0.3) is 0 Å². The second kappa shape index (κ2) is 6.26. The summed E-state index contributed by atoms with van der Waals surface area (Å²) < 4.78 is 0. The molecule has 1 amide bonds. The maximum atomic E-state index is 12.2. The minimum absolute atomic E-state index is 0.145. The molecule has 0 fully saturated rings. The number of carbonyl (C=O) groups excluding carboxylic acids is 1. The van der Waals surface area contributed by atoms with Crippen LogP contribution in [0.5, 0.6) is 0 Å². The summed E-state index contributed by atoms with van der Waals surface area (Å²) in [6.45, 7) is 10.1. The van der Waals surface area contributed by atoms with Gasteiger partial charge in [-0.1, -0.05) is 6.92 Å². The molecule has 0 radical (unpaired) electrons. The number of hydrogen-bond acceptors (Lipinski definition) is 3. The fourth-order valence-electron chi connectivity index (χ4n) is 2.44. The van der Waals surface area contributed by atoms with Gasteiger partial charge >= 0.3 is 0 Å². The fourth-order valence-corrected chi connectivity index (χ4v) is 3.45. The minimum atomic E-state index is -0.145. The lowest BCUT2D eigenvalue weighted by molar-refractivity contribution is 0.0959. The van der Waals surface area contributed by atoms with E-state index < -0.39 is 0 Å². The van der Waals surface area contributed by atoms with E-state index in [4.69, 9.17) is 0 Å². The van der Waals surface area contributed by atoms with Crippen LogP contribution in [0.2, 0.25) is 0 Å². The molecule has 2 rings (SSSR count). The van der Waals surface area contributed by atoms with Crippen molar-refractivity contribution >= 4 is 23.0 Å². The summed E-state index contributed by atoms with van der Waals surface area (Å²) in [7, 11) is 0. The number of nitrogens with one attached hydrogen (secondary N) is 2. The third-order valence-corrected chi connectivity index (χ3v) is 4.91. The van der Waals surface area contributed by atoms with Crippen molar-refractivity contribution in [3.05, 3.63) is 44.4 Å². The van der Waals surface area contributed by atoms with E-state index in [1.165, 1.54) is 21.8 Å². The first-order valence-corrected chi connectivity index (χ1v) is 7.84. The number of thiophene rings is 1. The number of aromatic nitrogens is 1. The van der Waals surface area contributed by atoms with Crippen LogP contribution in [0.1, 0.15) is 50.8 Å². The number of aryl methyl sites for hydroxylation is 4. The van der Waals surface area contributed by atoms with Gasteiger partial charge in [0, 0.05) is 22.3 Å². The van der Waals surface area contributed by atoms with Gasteiger partial charge in [0.25, 0.3) is 5.91 Å². The Bertz CT molecular complexity index is 675. The average molecular weight is 303 g/mol. The predicted molar refractivity (Wildman–Crippen MR) is 88.4 cm³/mol. The molecular weight excluding hydrogens is 282 g/mol. The summed E-state index contributed by atoms with van der Waals surface area (Å²) in [5.74, 6) is -0.145. The quantitative estimate of drug-likeness (QED) is 0.656. The van der Waals surface area contributed by atoms with Crippen LogP contribution in [-0.2, 0) is 6.42 Å². The van der Waals surface area contributed by atoms with Crippen molar-refractivity contribution in [1.82, 2.24) is 10.4 Å². The highest BCUT2D eigenvalue weighted by Gasteiger charge is 2.12. The second-order valence-electron chi connectivity index (χ2n) is 5.18. The molecule has 0 unspecified atom stereocenters. The molecule has 0 saturated heterocycles. The molecule has 0 atom stereocenters. The number of amides is 1. The van der Waals surface area contributed by atoms with Gasteiger partial charge in [-0.25, -0.2) is 5.43 Å². The standard InChI is InChI=1S/C16H21N3OS/c1-6-13-9(2)7-14(21-13)16(20)19-18-12(5)15-10(3)8-17-11(15)4/h7-8,17H,6H2,1-5H3,(H,19,20)/b18-12+. The van der Waals surface area contributed by atoms with Crippen LogP contribution in [0, 0.1) is 20.8 Å². The van der Waals surface area contributed by atoms with E-state index in [9.17, 15) is 4.79 Å². The zero-order valence-electron chi connectivity index (χ0n) is 13.1. The van der Waals surface area contributed by atoms with Crippen molar-refractivity contribution in [1.29, 1.82) is 0 Å². The maximum Gasteiger partial charge on any atom is 0.281 e. The monoisotopic (exact) mass is 303 g/mol. The van der Waals surface area contributed by atoms with Gasteiger partial charge < -0.3 is 4.98 Å². The van der Waals surface area contributed by atoms with Crippen molar-refractivity contribution < 1.29 is 4.79 Å². The number of nitrogens with zero attached hydrogens (tertiary/aromatic N) is 1. The Balaban J connectivity index is 2.14. The van der Waals surface area contributed by atoms with E-state index in [2.05, 4.69) is 22.4 Å². The number of H-pyrrole nitrogens is 1. The van der Waals surface area contributed by atoms with Crippen molar-refractivity contribution in [3.8, 4) is 0 Å². The number of hydrazone groups is 1. The average Bonchev–Trinajstić information content (AvgIpc) is 2.98. The van der Waals surface area contributed by atoms with Gasteiger partial charge in [0.1, 0.15) is 0 Å². The molecular formula is C16H21N3OS. The molecule has 0 spiro atoms. The van der Waals surface area contributed by atoms with Gasteiger partial charge in [-0.05, 0) is 51.3 Å². The Labute approximate surface area is 129 Å². The molecule has 0 aliphatic heterocycles. The third kappa shape index (κ3) is 3.24. The van der Waals surface area contributed by atoms with Crippen LogP contribution in [0.15, 0.2) is 17.4 Å². The Hall–Kier alpha value is -1.88. The van der Waals surface area contributed by atoms with Gasteiger partial charge in [0.05, 0.1) is 10.6 Å². The largest absolute Gasteiger partial charge is 0.364 e. The van der Waals surface area contributed by atoms with Crippen LogP contribution >= 0.6 is 11.3 Å². The molecule has 2 aromatic rings. The lowest BCUT2D eigenvalue weighted by Crippen LogP contribution is -2.18. The first-order valence-electron chi connectivity index (χ1n) is 7.02. The molecule has 2 heterocycles. The molecule has 5 heteroatoms. The minimum Gasteiger partial charge on any atom is -0.364 e. The van der Waals surface area contributed by atoms with Crippen LogP contribution in [-0.4, -0.2) is 16.6 Å². The van der Waals surface area contributed by atoms with Crippen LogP contribution in [0.4, 0.5) is 0 Å². The number of rotatable bonds is 4. The molecule has 0 aliphatic carbocycles. The zero-order chi connectivity index (χ0) is 15.6. The van der Waals surface area contributed by atoms with Gasteiger partial charge in [0.15, 0.2) is 0 Å². The topological polar surface area (TPSA) is 57.2 Å². The number of carbonyl (C=O) groups is 1. The van der Waals surface area contributed by atoms with Gasteiger partial charge in [-0.2, -0.15) is 5.10 Å². The van der Waals surface area contributed by atoms with E-state index in [0.717, 1.165) is 29.0 Å². The molecule has 2 N–H and O–H groups in total. The smallest absolute Gasteiger partial charge is 0.281 e. The van der Waals surface area contributed by atoms with Crippen molar-refractivity contribution in [3.63, 3.8) is 0 Å². The van der Waals surface area contributed by atoms with E-state index >= 15 is 0 Å². The first kappa shape index (κ1) is 15.5. The third-order valence-electron chi connectivity index (χ3n) is 3.53. The Morgan fingerprint density at radius 3 is 2.57 bits per heavy atom. The van der Waals surface area contributed by atoms with Crippen molar-refractivity contribution in [2.75, 3.05) is 0 Å². The number of hydrogen-bond donors (Lipinski definition) is 2. The highest BCUT2D eigenvalue weighted by molar-refractivity contribution is 7.14. The van der Waals surface area contributed by atoms with Crippen LogP contribution < -0.4 is 5.43 Å². The highest BCUT2D eigenvalue weighted by atomic mass is 32.1. The van der Waals surface area contributed by atoms with Crippen molar-refractivity contribution in [2.24, 2.45) is 5.10 Å². The van der Waals surface area contributed by atoms with E-state index in [0.29, 0.717) is 4.88 Å². The molecule has 0 saturated carbocycles. The fraction of sp³-hybridized carbons (Fsp3) is 0.375. The summed E-state index contributed by atoms with van der Waals surface area (Å²) in [4.78, 5) is 17.3. The first-order chi connectivity index (χ1) is 9.93. The SMILES string of the molecule is CCc1sc(C(=O)N/N=C(\C)c2c(C)c[nH]c2C)cc1C. The molecule has 0 aromatic carbocycles. The van der Waals surface area contributed by atoms with E-state index in [1.54, 1.807) is 0 Å². The lowest BCUT2D eigenvalue weighted by Gasteiger charge is -2.03. The van der Waals surface area contributed by atoms with Gasteiger partial charge in [-0.3, -0.25) is 4.79 Å². The molecule has 0 bridgehead atoms. The van der Waals surface area contributed by atoms with Crippen LogP contribution in [0.3, 0.4) is 0 Å². The Morgan fingerprint density at radius 2 is 2.05 bits per heavy atom. The number of aromatic amines is 1. The van der Waals surface area contributed by atoms with Crippen molar-refractivity contribution in [2.45, 2.75) is 41.0 Å². The summed E-state index contributed by atoms with van der Waals surface area (Å²) in [6, 6.07) is 1.93. The zero-order valence-corrected chi connectivity index (χ0v) is 13.9. The summed E-state index contributed by atoms with van der Waals surface area (Å²) in [6.07, 6.45) is 2.90. The Kier molecular flexibility index (Phi) is 4.63. The predicted octanol–water partition coefficient (Wildman–Crippen LogP) is 3.72. The second-order valence-corrected chi connectivity index (χ2v) is 6.32. The molecule has 0 aliphatic rings. The Morgan fingerprint density at radius 1 is 1.33 bits per heavy atom. The summed E-state index contributed by atoms with van der Waals surface area (Å²) in [5, 5.41) is 4.23. The molecule has 4 nitrogen and oxygen atoms in total. The van der Waals surface area contributed by atoms with Gasteiger partial charge in [0.2, 0.25) is 0 Å². The normalized spacial score (nSPS) is 11.8. The molecule has 2 aromatic heterocycles. The summed E-state index contributed by atoms with van der Waals surface area (Å²) >= 11 is 1.54. The van der Waals surface area contributed by atoms with E-state index in [-0.39, 0.29) is 5.91 Å². The lowest BCUT2D eigenvalue weighted by atomic mass is 10.1. The molecule has 21 heavy (non-hydrogen) atoms. The summed E-state index contributed by atoms with van der Waals surface area (Å²) in [5.41, 5.74) is 7.88. The molecule has 112 valence electrons. The maximum absolute atomic E-state index is 12.2.